The minimum Gasteiger partial charge on any atom is -0.374 e. The van der Waals surface area contributed by atoms with E-state index >= 15 is 0 Å². The first-order valence-corrected chi connectivity index (χ1v) is 14.2. The maximum atomic E-state index is 12.9. The van der Waals surface area contributed by atoms with Crippen LogP contribution in [0.5, 0.6) is 0 Å². The van der Waals surface area contributed by atoms with Crippen LogP contribution in [0.3, 0.4) is 0 Å². The zero-order chi connectivity index (χ0) is 27.6. The minimum absolute atomic E-state index is 0.0687. The predicted molar refractivity (Wildman–Crippen MR) is 149 cm³/mol. The Balaban J connectivity index is 1.24. The Hall–Kier alpha value is -2.68. The van der Waals surface area contributed by atoms with Gasteiger partial charge in [-0.1, -0.05) is 31.5 Å². The Morgan fingerprint density at radius 3 is 2.41 bits per heavy atom. The van der Waals surface area contributed by atoms with E-state index in [4.69, 9.17) is 27.2 Å². The number of ether oxygens (including phenoxy) is 1. The van der Waals surface area contributed by atoms with Crippen molar-refractivity contribution >= 4 is 17.4 Å². The van der Waals surface area contributed by atoms with Gasteiger partial charge in [0.15, 0.2) is 5.15 Å². The molecule has 2 unspecified atom stereocenters. The fourth-order valence-electron chi connectivity index (χ4n) is 9.03. The summed E-state index contributed by atoms with van der Waals surface area (Å²) in [5, 5.41) is 12.9. The van der Waals surface area contributed by atoms with E-state index in [0.717, 1.165) is 42.6 Å². The second-order valence-corrected chi connectivity index (χ2v) is 13.6. The van der Waals surface area contributed by atoms with Crippen LogP contribution in [-0.4, -0.2) is 49.5 Å². The number of halogens is 1. The molecule has 0 saturated heterocycles. The lowest BCUT2D eigenvalue weighted by Gasteiger charge is -2.69. The zero-order valence-electron chi connectivity index (χ0n) is 23.3. The number of hydrogen-bond donors (Lipinski definition) is 1. The third-order valence-corrected chi connectivity index (χ3v) is 9.60. The first kappa shape index (κ1) is 26.5. The van der Waals surface area contributed by atoms with E-state index in [1.54, 1.807) is 25.3 Å². The summed E-state index contributed by atoms with van der Waals surface area (Å²) in [5.41, 5.74) is 10.8. The van der Waals surface area contributed by atoms with Gasteiger partial charge in [0.1, 0.15) is 11.4 Å². The van der Waals surface area contributed by atoms with Gasteiger partial charge in [0.2, 0.25) is 5.78 Å². The highest BCUT2D eigenvalue weighted by Crippen LogP contribution is 2.72. The molecule has 3 aromatic heterocycles. The highest BCUT2D eigenvalue weighted by Gasteiger charge is 2.66. The van der Waals surface area contributed by atoms with Crippen molar-refractivity contribution in [2.24, 2.45) is 22.0 Å². The summed E-state index contributed by atoms with van der Waals surface area (Å²) >= 11 is 5.96. The van der Waals surface area contributed by atoms with Gasteiger partial charge in [0.25, 0.3) is 0 Å². The third-order valence-electron chi connectivity index (χ3n) is 9.23. The first-order chi connectivity index (χ1) is 18.5. The molecule has 206 valence electrons. The molecule has 2 N–H and O–H groups in total. The van der Waals surface area contributed by atoms with E-state index in [0.29, 0.717) is 35.2 Å². The van der Waals surface area contributed by atoms with Gasteiger partial charge < -0.3 is 10.5 Å². The molecular formula is C30H37ClN6O2. The summed E-state index contributed by atoms with van der Waals surface area (Å²) in [6.45, 7) is 10.9. The van der Waals surface area contributed by atoms with Crippen LogP contribution in [0.15, 0.2) is 30.6 Å². The Labute approximate surface area is 234 Å². The number of nitrogens with two attached hydrogens (primary N) is 1. The number of carbonyl (C=O) groups is 1. The van der Waals surface area contributed by atoms with Gasteiger partial charge >= 0.3 is 0 Å². The number of aromatic nitrogens is 5. The van der Waals surface area contributed by atoms with E-state index < -0.39 is 0 Å². The van der Waals surface area contributed by atoms with Gasteiger partial charge in [0, 0.05) is 36.1 Å². The minimum atomic E-state index is -0.282. The molecule has 9 heteroatoms. The highest BCUT2D eigenvalue weighted by molar-refractivity contribution is 6.30. The van der Waals surface area contributed by atoms with Gasteiger partial charge in [-0.15, -0.1) is 10.2 Å². The topological polar surface area (TPSA) is 109 Å². The Morgan fingerprint density at radius 1 is 1.03 bits per heavy atom. The Morgan fingerprint density at radius 2 is 1.77 bits per heavy atom. The first-order valence-electron chi connectivity index (χ1n) is 13.8. The van der Waals surface area contributed by atoms with Crippen LogP contribution < -0.4 is 5.73 Å². The van der Waals surface area contributed by atoms with Crippen LogP contribution in [-0.2, 0) is 11.3 Å². The van der Waals surface area contributed by atoms with E-state index in [1.807, 2.05) is 12.3 Å². The Kier molecular flexibility index (Phi) is 6.25. The lowest BCUT2D eigenvalue weighted by molar-refractivity contribution is -0.247. The van der Waals surface area contributed by atoms with E-state index in [2.05, 4.69) is 40.6 Å². The average Bonchev–Trinajstić information content (AvgIpc) is 3.21. The van der Waals surface area contributed by atoms with Crippen LogP contribution in [0.2, 0.25) is 5.15 Å². The van der Waals surface area contributed by atoms with Crippen LogP contribution >= 0.6 is 11.6 Å². The predicted octanol–water partition coefficient (Wildman–Crippen LogP) is 5.33. The number of ketones is 1. The number of nitrogens with zero attached hydrogens (tertiary/aromatic N) is 5. The number of hydrogen-bond acceptors (Lipinski definition) is 7. The lowest BCUT2D eigenvalue weighted by atomic mass is 9.39. The van der Waals surface area contributed by atoms with Crippen molar-refractivity contribution in [2.45, 2.75) is 78.4 Å². The molecule has 4 saturated carbocycles. The molecular weight excluding hydrogens is 512 g/mol. The zero-order valence-corrected chi connectivity index (χ0v) is 24.0. The normalized spacial score (nSPS) is 31.1. The van der Waals surface area contributed by atoms with Crippen molar-refractivity contribution in [3.05, 3.63) is 58.4 Å². The molecule has 2 atom stereocenters. The molecule has 0 radical (unpaired) electrons. The van der Waals surface area contributed by atoms with Crippen molar-refractivity contribution in [2.75, 3.05) is 13.2 Å². The molecule has 0 aliphatic heterocycles. The molecule has 8 nitrogen and oxygen atoms in total. The van der Waals surface area contributed by atoms with Crippen molar-refractivity contribution in [3.8, 4) is 11.1 Å². The largest absolute Gasteiger partial charge is 0.374 e. The second kappa shape index (κ2) is 9.18. The fourth-order valence-corrected chi connectivity index (χ4v) is 9.13. The molecule has 7 rings (SSSR count). The van der Waals surface area contributed by atoms with Crippen molar-refractivity contribution in [1.82, 2.24) is 25.0 Å². The molecule has 0 aromatic carbocycles. The standard InChI is InChI=1S/C30H37ClN6O2/c1-19-9-24(35-36-26(19)31)25(38)23-6-5-21(10-33-23)22-11-34-37(20(22)2)18-29-13-27(3)12-28(4,14-29)16-30(15-27,17-29)39-8-7-32/h5-6,9-11H,7-8,12-18,32H2,1-4H3. The van der Waals surface area contributed by atoms with Crippen molar-refractivity contribution in [3.63, 3.8) is 0 Å². The van der Waals surface area contributed by atoms with Gasteiger partial charge in [-0.25, -0.2) is 0 Å². The fraction of sp³-hybridized carbons (Fsp3) is 0.567. The third kappa shape index (κ3) is 4.70. The van der Waals surface area contributed by atoms with Gasteiger partial charge in [-0.3, -0.25) is 14.5 Å². The number of pyridine rings is 1. The molecule has 4 bridgehead atoms. The summed E-state index contributed by atoms with van der Waals surface area (Å²) in [7, 11) is 0. The van der Waals surface area contributed by atoms with Crippen molar-refractivity contribution in [1.29, 1.82) is 0 Å². The summed E-state index contributed by atoms with van der Waals surface area (Å²) in [5.74, 6) is -0.282. The monoisotopic (exact) mass is 548 g/mol. The summed E-state index contributed by atoms with van der Waals surface area (Å²) in [6, 6.07) is 5.30. The van der Waals surface area contributed by atoms with Gasteiger partial charge in [0.05, 0.1) is 18.4 Å². The van der Waals surface area contributed by atoms with Crippen LogP contribution in [0, 0.1) is 30.1 Å². The van der Waals surface area contributed by atoms with Crippen LogP contribution in [0.1, 0.15) is 79.8 Å². The molecule has 0 spiro atoms. The molecule has 3 heterocycles. The smallest absolute Gasteiger partial charge is 0.231 e. The van der Waals surface area contributed by atoms with E-state index in [9.17, 15) is 4.79 Å². The maximum absolute atomic E-state index is 12.9. The molecule has 3 aromatic rings. The average molecular weight is 549 g/mol. The van der Waals surface area contributed by atoms with Crippen LogP contribution in [0.25, 0.3) is 11.1 Å². The lowest BCUT2D eigenvalue weighted by Crippen LogP contribution is -2.64. The van der Waals surface area contributed by atoms with E-state index in [-0.39, 0.29) is 27.6 Å². The molecule has 0 amide bonds. The SMILES string of the molecule is Cc1cc(C(=O)c2ccc(-c3cnn(CC45CC6(C)CC(C)(C4)CC(OCCN)(C6)C5)c3C)cn2)nnc1Cl. The van der Waals surface area contributed by atoms with Gasteiger partial charge in [-0.2, -0.15) is 5.10 Å². The summed E-state index contributed by atoms with van der Waals surface area (Å²) in [6.07, 6.45) is 10.7. The number of rotatable bonds is 8. The van der Waals surface area contributed by atoms with E-state index in [1.165, 1.54) is 19.3 Å². The summed E-state index contributed by atoms with van der Waals surface area (Å²) in [4.78, 5) is 17.3. The molecule has 39 heavy (non-hydrogen) atoms. The highest BCUT2D eigenvalue weighted by atomic mass is 35.5. The second-order valence-electron chi connectivity index (χ2n) is 13.3. The van der Waals surface area contributed by atoms with Crippen LogP contribution in [0.4, 0.5) is 0 Å². The maximum Gasteiger partial charge on any atom is 0.231 e. The number of aryl methyl sites for hydroxylation is 1. The summed E-state index contributed by atoms with van der Waals surface area (Å²) < 4.78 is 8.74. The molecule has 4 fully saturated rings. The molecule has 4 aliphatic rings. The quantitative estimate of drug-likeness (QED) is 0.379. The molecule has 4 aliphatic carbocycles. The Bertz CT molecular complexity index is 1420. The van der Waals surface area contributed by atoms with Gasteiger partial charge in [-0.05, 0) is 86.3 Å². The van der Waals surface area contributed by atoms with Crippen molar-refractivity contribution < 1.29 is 9.53 Å². The number of carbonyl (C=O) groups excluding carboxylic acids is 1.